The lowest BCUT2D eigenvalue weighted by Gasteiger charge is -2.14. The number of rotatable bonds is 3. The van der Waals surface area contributed by atoms with Gasteiger partial charge in [-0.05, 0) is 36.8 Å². The van der Waals surface area contributed by atoms with Crippen molar-refractivity contribution in [3.63, 3.8) is 0 Å². The van der Waals surface area contributed by atoms with Crippen molar-refractivity contribution < 1.29 is 9.59 Å². The summed E-state index contributed by atoms with van der Waals surface area (Å²) >= 11 is 0. The van der Waals surface area contributed by atoms with E-state index >= 15 is 0 Å². The number of carbonyl (C=O) groups is 2. The first-order valence-electron chi connectivity index (χ1n) is 7.58. The Kier molecular flexibility index (Phi) is 3.23. The van der Waals surface area contributed by atoms with Crippen LogP contribution in [-0.4, -0.2) is 27.0 Å². The van der Waals surface area contributed by atoms with E-state index < -0.39 is 0 Å². The second-order valence-electron chi connectivity index (χ2n) is 5.67. The van der Waals surface area contributed by atoms with Crippen LogP contribution in [0.2, 0.25) is 0 Å². The van der Waals surface area contributed by atoms with Gasteiger partial charge in [0.2, 0.25) is 0 Å². The second-order valence-corrected chi connectivity index (χ2v) is 5.67. The van der Waals surface area contributed by atoms with Crippen molar-refractivity contribution in [3.05, 3.63) is 76.9 Å². The van der Waals surface area contributed by atoms with Crippen LogP contribution in [0.4, 0.5) is 5.69 Å². The lowest BCUT2D eigenvalue weighted by molar-refractivity contribution is 0.0926. The summed E-state index contributed by atoms with van der Waals surface area (Å²) in [6, 6.07) is 14.2. The summed E-state index contributed by atoms with van der Waals surface area (Å²) in [4.78, 5) is 30.4. The number of hydrogen-bond acceptors (Lipinski definition) is 4. The molecule has 6 heteroatoms. The van der Waals surface area contributed by atoms with Gasteiger partial charge in [0.25, 0.3) is 11.8 Å². The summed E-state index contributed by atoms with van der Waals surface area (Å²) in [5.74, 6) is 0.912. The van der Waals surface area contributed by atoms with E-state index in [0.29, 0.717) is 29.1 Å². The molecule has 0 saturated carbocycles. The molecule has 2 heterocycles. The molecule has 0 saturated heterocycles. The molecule has 1 aliphatic rings. The predicted octanol–water partition coefficient (Wildman–Crippen LogP) is 2.50. The Hall–Kier alpha value is -3.28. The van der Waals surface area contributed by atoms with E-state index in [1.807, 2.05) is 19.1 Å². The van der Waals surface area contributed by atoms with E-state index in [4.69, 9.17) is 0 Å². The topological polar surface area (TPSA) is 79.0 Å². The number of imide groups is 1. The highest BCUT2D eigenvalue weighted by molar-refractivity contribution is 6.34. The molecule has 0 spiro atoms. The van der Waals surface area contributed by atoms with Crippen molar-refractivity contribution in [3.8, 4) is 0 Å². The van der Waals surface area contributed by atoms with Crippen LogP contribution in [0.1, 0.15) is 37.9 Å². The Morgan fingerprint density at radius 2 is 1.58 bits per heavy atom. The van der Waals surface area contributed by atoms with Crippen molar-refractivity contribution in [2.45, 2.75) is 13.3 Å². The summed E-state index contributed by atoms with van der Waals surface area (Å²) in [7, 11) is 0. The van der Waals surface area contributed by atoms with Crippen LogP contribution < -0.4 is 4.90 Å². The minimum absolute atomic E-state index is 0.284. The Morgan fingerprint density at radius 3 is 2.12 bits per heavy atom. The maximum atomic E-state index is 12.5. The smallest absolute Gasteiger partial charge is 0.266 e. The number of aromatic amines is 1. The molecule has 0 unspecified atom stereocenters. The molecule has 1 aromatic heterocycles. The maximum absolute atomic E-state index is 12.5. The molecule has 0 aliphatic carbocycles. The van der Waals surface area contributed by atoms with Crippen LogP contribution in [0.25, 0.3) is 0 Å². The average Bonchev–Trinajstić information content (AvgIpc) is 3.11. The van der Waals surface area contributed by atoms with Gasteiger partial charge < -0.3 is 0 Å². The zero-order chi connectivity index (χ0) is 16.7. The van der Waals surface area contributed by atoms with E-state index in [9.17, 15) is 9.59 Å². The third-order valence-corrected chi connectivity index (χ3v) is 3.99. The highest BCUT2D eigenvalue weighted by Crippen LogP contribution is 2.28. The molecule has 6 nitrogen and oxygen atoms in total. The fraction of sp³-hybridized carbons (Fsp3) is 0.111. The molecule has 118 valence electrons. The SMILES string of the molecule is Cc1nc(Cc2ccc(N3C(=O)c4ccccc4C3=O)cc2)n[nH]1. The summed E-state index contributed by atoms with van der Waals surface area (Å²) in [6.07, 6.45) is 0.590. The second kappa shape index (κ2) is 5.42. The number of amides is 2. The Bertz CT molecular complexity index is 909. The first-order valence-corrected chi connectivity index (χ1v) is 7.58. The highest BCUT2D eigenvalue weighted by Gasteiger charge is 2.36. The first-order chi connectivity index (χ1) is 11.6. The van der Waals surface area contributed by atoms with Crippen LogP contribution in [0.5, 0.6) is 0 Å². The van der Waals surface area contributed by atoms with Gasteiger partial charge in [-0.2, -0.15) is 5.10 Å². The molecule has 0 radical (unpaired) electrons. The zero-order valence-corrected chi connectivity index (χ0v) is 13.0. The first kappa shape index (κ1) is 14.3. The molecule has 1 N–H and O–H groups in total. The fourth-order valence-corrected chi connectivity index (χ4v) is 2.84. The van der Waals surface area contributed by atoms with Crippen LogP contribution in [0.15, 0.2) is 48.5 Å². The minimum atomic E-state index is -0.284. The van der Waals surface area contributed by atoms with E-state index in [1.165, 1.54) is 4.90 Å². The molecule has 24 heavy (non-hydrogen) atoms. The van der Waals surface area contributed by atoms with Gasteiger partial charge in [-0.3, -0.25) is 14.7 Å². The quantitative estimate of drug-likeness (QED) is 0.753. The lowest BCUT2D eigenvalue weighted by Crippen LogP contribution is -2.29. The molecule has 4 rings (SSSR count). The fourth-order valence-electron chi connectivity index (χ4n) is 2.84. The monoisotopic (exact) mass is 318 g/mol. The third-order valence-electron chi connectivity index (χ3n) is 3.99. The van der Waals surface area contributed by atoms with Crippen LogP contribution in [0, 0.1) is 6.92 Å². The van der Waals surface area contributed by atoms with Gasteiger partial charge in [0.15, 0.2) is 5.82 Å². The lowest BCUT2D eigenvalue weighted by atomic mass is 10.1. The number of benzene rings is 2. The molecular formula is C18H14N4O2. The number of aryl methyl sites for hydroxylation is 1. The molecule has 1 aliphatic heterocycles. The van der Waals surface area contributed by atoms with Gasteiger partial charge >= 0.3 is 0 Å². The molecule has 0 atom stereocenters. The Morgan fingerprint density at radius 1 is 0.958 bits per heavy atom. The van der Waals surface area contributed by atoms with Gasteiger partial charge in [-0.15, -0.1) is 0 Å². The summed E-state index contributed by atoms with van der Waals surface area (Å²) in [6.45, 7) is 1.85. The third kappa shape index (κ3) is 2.28. The molecule has 2 amide bonds. The van der Waals surface area contributed by atoms with Crippen molar-refractivity contribution >= 4 is 17.5 Å². The summed E-state index contributed by atoms with van der Waals surface area (Å²) in [5.41, 5.74) is 2.47. The van der Waals surface area contributed by atoms with E-state index in [1.54, 1.807) is 36.4 Å². The summed E-state index contributed by atoms with van der Waals surface area (Å²) in [5, 5.41) is 6.92. The number of H-pyrrole nitrogens is 1. The number of nitrogens with zero attached hydrogens (tertiary/aromatic N) is 3. The molecular weight excluding hydrogens is 304 g/mol. The normalized spacial score (nSPS) is 13.5. The molecule has 2 aromatic carbocycles. The number of carbonyl (C=O) groups excluding carboxylic acids is 2. The number of aromatic nitrogens is 3. The van der Waals surface area contributed by atoms with Gasteiger partial charge in [-0.1, -0.05) is 24.3 Å². The molecule has 0 fully saturated rings. The van der Waals surface area contributed by atoms with Crippen molar-refractivity contribution in [1.82, 2.24) is 15.2 Å². The number of anilines is 1. The number of hydrogen-bond donors (Lipinski definition) is 1. The van der Waals surface area contributed by atoms with Crippen molar-refractivity contribution in [1.29, 1.82) is 0 Å². The molecule has 3 aromatic rings. The number of fused-ring (bicyclic) bond motifs is 1. The maximum Gasteiger partial charge on any atom is 0.266 e. The average molecular weight is 318 g/mol. The van der Waals surface area contributed by atoms with Gasteiger partial charge in [0.05, 0.1) is 16.8 Å². The summed E-state index contributed by atoms with van der Waals surface area (Å²) < 4.78 is 0. The molecule has 0 bridgehead atoms. The Labute approximate surface area is 138 Å². The Balaban J connectivity index is 1.60. The van der Waals surface area contributed by atoms with Crippen LogP contribution in [0.3, 0.4) is 0 Å². The van der Waals surface area contributed by atoms with Crippen LogP contribution >= 0.6 is 0 Å². The standard InChI is InChI=1S/C18H14N4O2/c1-11-19-16(21-20-11)10-12-6-8-13(9-7-12)22-17(23)14-4-2-3-5-15(14)18(22)24/h2-9H,10H2,1H3,(H,19,20,21). The van der Waals surface area contributed by atoms with Gasteiger partial charge in [-0.25, -0.2) is 9.88 Å². The van der Waals surface area contributed by atoms with Gasteiger partial charge in [0.1, 0.15) is 5.82 Å². The van der Waals surface area contributed by atoms with Crippen LogP contribution in [-0.2, 0) is 6.42 Å². The predicted molar refractivity (Wildman–Crippen MR) is 87.9 cm³/mol. The van der Waals surface area contributed by atoms with Gasteiger partial charge in [0, 0.05) is 6.42 Å². The zero-order valence-electron chi connectivity index (χ0n) is 13.0. The number of nitrogens with one attached hydrogen (secondary N) is 1. The largest absolute Gasteiger partial charge is 0.268 e. The van der Waals surface area contributed by atoms with Crippen molar-refractivity contribution in [2.24, 2.45) is 0 Å². The van der Waals surface area contributed by atoms with E-state index in [-0.39, 0.29) is 11.8 Å². The van der Waals surface area contributed by atoms with E-state index in [2.05, 4.69) is 15.2 Å². The van der Waals surface area contributed by atoms with Crippen molar-refractivity contribution in [2.75, 3.05) is 4.90 Å². The minimum Gasteiger partial charge on any atom is -0.268 e. The highest BCUT2D eigenvalue weighted by atomic mass is 16.2. The van der Waals surface area contributed by atoms with E-state index in [0.717, 1.165) is 11.4 Å².